The van der Waals surface area contributed by atoms with E-state index in [1.807, 2.05) is 17.9 Å². The van der Waals surface area contributed by atoms with Gasteiger partial charge in [-0.05, 0) is 42.2 Å². The summed E-state index contributed by atoms with van der Waals surface area (Å²) in [5, 5.41) is 10.8. The zero-order chi connectivity index (χ0) is 21.0. The second kappa shape index (κ2) is 8.94. The molecule has 1 aliphatic heterocycles. The summed E-state index contributed by atoms with van der Waals surface area (Å²) < 4.78 is 5.87. The van der Waals surface area contributed by atoms with Crippen molar-refractivity contribution in [2.24, 2.45) is 0 Å². The Kier molecular flexibility index (Phi) is 6.36. The summed E-state index contributed by atoms with van der Waals surface area (Å²) in [5.41, 5.74) is 3.22. The molecule has 1 heterocycles. The van der Waals surface area contributed by atoms with Crippen molar-refractivity contribution in [3.05, 3.63) is 63.7 Å². The summed E-state index contributed by atoms with van der Waals surface area (Å²) in [6.45, 7) is 8.83. The highest BCUT2D eigenvalue weighted by Crippen LogP contribution is 2.27. The fourth-order valence-corrected chi connectivity index (χ4v) is 3.47. The summed E-state index contributed by atoms with van der Waals surface area (Å²) in [6, 6.07) is 12.6. The number of nitro groups is 1. The van der Waals surface area contributed by atoms with E-state index in [9.17, 15) is 14.9 Å². The molecule has 0 bridgehead atoms. The smallest absolute Gasteiger partial charge is 0.269 e. The molecule has 0 aliphatic carbocycles. The highest BCUT2D eigenvalue weighted by Gasteiger charge is 2.22. The standard InChI is InChI=1S/C22H27N3O4/c1-16(2)20-9-4-17(3)14-21(20)29-15-22(26)24-12-10-23(11-13-24)18-5-7-19(8-6-18)25(27)28/h4-9,14,16H,10-13,15H2,1-3H3. The molecule has 3 rings (SSSR count). The van der Waals surface area contributed by atoms with Crippen LogP contribution in [0.3, 0.4) is 0 Å². The van der Waals surface area contributed by atoms with Crippen LogP contribution >= 0.6 is 0 Å². The maximum atomic E-state index is 12.6. The Balaban J connectivity index is 1.54. The van der Waals surface area contributed by atoms with E-state index < -0.39 is 4.92 Å². The van der Waals surface area contributed by atoms with Gasteiger partial charge in [-0.15, -0.1) is 0 Å². The molecule has 7 nitrogen and oxygen atoms in total. The molecular weight excluding hydrogens is 370 g/mol. The molecule has 1 aliphatic rings. The van der Waals surface area contributed by atoms with E-state index in [1.165, 1.54) is 12.1 Å². The van der Waals surface area contributed by atoms with E-state index in [0.29, 0.717) is 32.1 Å². The molecule has 0 unspecified atom stereocenters. The lowest BCUT2D eigenvalue weighted by atomic mass is 10.0. The lowest BCUT2D eigenvalue weighted by Crippen LogP contribution is -2.50. The molecule has 0 saturated carbocycles. The van der Waals surface area contributed by atoms with Crippen molar-refractivity contribution in [1.29, 1.82) is 0 Å². The molecule has 29 heavy (non-hydrogen) atoms. The second-order valence-corrected chi connectivity index (χ2v) is 7.63. The van der Waals surface area contributed by atoms with E-state index in [-0.39, 0.29) is 18.2 Å². The van der Waals surface area contributed by atoms with Gasteiger partial charge < -0.3 is 14.5 Å². The molecule has 2 aromatic carbocycles. The molecule has 7 heteroatoms. The molecule has 0 aromatic heterocycles. The molecule has 1 fully saturated rings. The van der Waals surface area contributed by atoms with Crippen molar-refractivity contribution >= 4 is 17.3 Å². The van der Waals surface area contributed by atoms with Gasteiger partial charge in [0.15, 0.2) is 6.61 Å². The van der Waals surface area contributed by atoms with Gasteiger partial charge in [0.1, 0.15) is 5.75 Å². The number of anilines is 1. The third-order valence-corrected chi connectivity index (χ3v) is 5.20. The molecule has 0 radical (unpaired) electrons. The first-order chi connectivity index (χ1) is 13.8. The minimum absolute atomic E-state index is 0.0236. The lowest BCUT2D eigenvalue weighted by Gasteiger charge is -2.36. The van der Waals surface area contributed by atoms with E-state index in [2.05, 4.69) is 30.9 Å². The molecule has 154 valence electrons. The highest BCUT2D eigenvalue weighted by molar-refractivity contribution is 5.78. The molecule has 0 N–H and O–H groups in total. The van der Waals surface area contributed by atoms with Gasteiger partial charge in [-0.2, -0.15) is 0 Å². The van der Waals surface area contributed by atoms with Gasteiger partial charge in [0.25, 0.3) is 11.6 Å². The van der Waals surface area contributed by atoms with Crippen LogP contribution in [0.5, 0.6) is 5.75 Å². The van der Waals surface area contributed by atoms with Crippen molar-refractivity contribution in [2.75, 3.05) is 37.7 Å². The summed E-state index contributed by atoms with van der Waals surface area (Å²) >= 11 is 0. The predicted molar refractivity (Wildman–Crippen MR) is 113 cm³/mol. The minimum Gasteiger partial charge on any atom is -0.483 e. The van der Waals surface area contributed by atoms with Gasteiger partial charge in [0.2, 0.25) is 0 Å². The third kappa shape index (κ3) is 5.04. The van der Waals surface area contributed by atoms with Gasteiger partial charge in [-0.25, -0.2) is 0 Å². The third-order valence-electron chi connectivity index (χ3n) is 5.20. The van der Waals surface area contributed by atoms with Crippen LogP contribution in [0.2, 0.25) is 0 Å². The van der Waals surface area contributed by atoms with Crippen LogP contribution in [-0.2, 0) is 4.79 Å². The number of nitrogens with zero attached hydrogens (tertiary/aromatic N) is 3. The van der Waals surface area contributed by atoms with E-state index >= 15 is 0 Å². The number of rotatable bonds is 6. The first-order valence-corrected chi connectivity index (χ1v) is 9.85. The van der Waals surface area contributed by atoms with Gasteiger partial charge in [-0.3, -0.25) is 14.9 Å². The number of carbonyl (C=O) groups excluding carboxylic acids is 1. The number of non-ortho nitro benzene ring substituents is 1. The Morgan fingerprint density at radius 1 is 1.10 bits per heavy atom. The molecule has 1 amide bonds. The first kappa shape index (κ1) is 20.6. The Morgan fingerprint density at radius 2 is 1.76 bits per heavy atom. The number of ether oxygens (including phenoxy) is 1. The van der Waals surface area contributed by atoms with Crippen LogP contribution in [0.1, 0.15) is 30.9 Å². The van der Waals surface area contributed by atoms with Crippen LogP contribution in [0.25, 0.3) is 0 Å². The highest BCUT2D eigenvalue weighted by atomic mass is 16.6. The summed E-state index contributed by atoms with van der Waals surface area (Å²) in [4.78, 5) is 26.9. The monoisotopic (exact) mass is 397 g/mol. The fraction of sp³-hybridized carbons (Fsp3) is 0.409. The number of aryl methyl sites for hydroxylation is 1. The SMILES string of the molecule is Cc1ccc(C(C)C)c(OCC(=O)N2CCN(c3ccc([N+](=O)[O-])cc3)CC2)c1. The maximum absolute atomic E-state index is 12.6. The van der Waals surface area contributed by atoms with Crippen molar-refractivity contribution in [1.82, 2.24) is 4.90 Å². The number of nitro benzene ring substituents is 1. The number of benzene rings is 2. The van der Waals surface area contributed by atoms with Crippen molar-refractivity contribution < 1.29 is 14.5 Å². The van der Waals surface area contributed by atoms with Crippen LogP contribution in [0, 0.1) is 17.0 Å². The van der Waals surface area contributed by atoms with Gasteiger partial charge >= 0.3 is 0 Å². The number of piperazine rings is 1. The molecular formula is C22H27N3O4. The summed E-state index contributed by atoms with van der Waals surface area (Å²) in [7, 11) is 0. The van der Waals surface area contributed by atoms with E-state index in [1.54, 1.807) is 12.1 Å². The first-order valence-electron chi connectivity index (χ1n) is 9.85. The number of amides is 1. The Hall–Kier alpha value is -3.09. The Bertz CT molecular complexity index is 872. The average Bonchev–Trinajstić information content (AvgIpc) is 2.72. The van der Waals surface area contributed by atoms with Crippen molar-refractivity contribution in [3.63, 3.8) is 0 Å². The molecule has 0 spiro atoms. The van der Waals surface area contributed by atoms with Crippen LogP contribution < -0.4 is 9.64 Å². The van der Waals surface area contributed by atoms with Crippen molar-refractivity contribution in [2.45, 2.75) is 26.7 Å². The summed E-state index contributed by atoms with van der Waals surface area (Å²) in [5.74, 6) is 1.08. The zero-order valence-electron chi connectivity index (χ0n) is 17.1. The van der Waals surface area contributed by atoms with E-state index in [4.69, 9.17) is 4.74 Å². The Labute approximate surface area is 171 Å². The molecule has 2 aromatic rings. The maximum Gasteiger partial charge on any atom is 0.269 e. The van der Waals surface area contributed by atoms with Crippen LogP contribution in [-0.4, -0.2) is 48.5 Å². The zero-order valence-corrected chi connectivity index (χ0v) is 17.1. The lowest BCUT2D eigenvalue weighted by molar-refractivity contribution is -0.384. The quantitative estimate of drug-likeness (QED) is 0.548. The van der Waals surface area contributed by atoms with Crippen LogP contribution in [0.15, 0.2) is 42.5 Å². The topological polar surface area (TPSA) is 75.9 Å². The second-order valence-electron chi connectivity index (χ2n) is 7.63. The normalized spacial score (nSPS) is 14.2. The van der Waals surface area contributed by atoms with Gasteiger partial charge in [0, 0.05) is 44.0 Å². The minimum atomic E-state index is -0.403. The van der Waals surface area contributed by atoms with Gasteiger partial charge in [-0.1, -0.05) is 26.0 Å². The largest absolute Gasteiger partial charge is 0.483 e. The summed E-state index contributed by atoms with van der Waals surface area (Å²) in [6.07, 6.45) is 0. The van der Waals surface area contributed by atoms with Crippen LogP contribution in [0.4, 0.5) is 11.4 Å². The number of hydrogen-bond donors (Lipinski definition) is 0. The molecule has 1 saturated heterocycles. The Morgan fingerprint density at radius 3 is 2.34 bits per heavy atom. The average molecular weight is 397 g/mol. The molecule has 0 atom stereocenters. The predicted octanol–water partition coefficient (Wildman–Crippen LogP) is 3.75. The number of hydrogen-bond acceptors (Lipinski definition) is 5. The fourth-order valence-electron chi connectivity index (χ4n) is 3.47. The van der Waals surface area contributed by atoms with Gasteiger partial charge in [0.05, 0.1) is 4.92 Å². The van der Waals surface area contributed by atoms with Crippen molar-refractivity contribution in [3.8, 4) is 5.75 Å². The number of carbonyl (C=O) groups is 1. The van der Waals surface area contributed by atoms with E-state index in [0.717, 1.165) is 22.6 Å².